The minimum Gasteiger partial charge on any atom is -0.297 e. The summed E-state index contributed by atoms with van der Waals surface area (Å²) < 4.78 is 0. The lowest BCUT2D eigenvalue weighted by molar-refractivity contribution is 0.103. The monoisotopic (exact) mass is 441 g/mol. The summed E-state index contributed by atoms with van der Waals surface area (Å²) in [5.74, 6) is 0.270. The Morgan fingerprint density at radius 2 is 1.79 bits per heavy atom. The van der Waals surface area contributed by atoms with E-state index < -0.39 is 0 Å². The SMILES string of the molecule is Cc1nc(NC(=O)c2sc(-c3ncccn3)nc2C)sc1Cc1ccccc1Cl. The molecule has 0 bridgehead atoms. The highest BCUT2D eigenvalue weighted by atomic mass is 35.5. The number of carbonyl (C=O) groups excluding carboxylic acids is 1. The maximum absolute atomic E-state index is 12.8. The fourth-order valence-corrected chi connectivity index (χ4v) is 4.82. The second kappa shape index (κ2) is 8.36. The second-order valence-corrected chi connectivity index (χ2v) is 8.75. The summed E-state index contributed by atoms with van der Waals surface area (Å²) >= 11 is 8.99. The molecule has 0 aliphatic rings. The van der Waals surface area contributed by atoms with Crippen molar-refractivity contribution in [3.8, 4) is 10.8 Å². The Labute approximate surface area is 180 Å². The molecule has 1 N–H and O–H groups in total. The van der Waals surface area contributed by atoms with E-state index in [2.05, 4.69) is 25.3 Å². The van der Waals surface area contributed by atoms with E-state index in [0.717, 1.165) is 21.2 Å². The molecule has 4 aromatic rings. The van der Waals surface area contributed by atoms with Gasteiger partial charge >= 0.3 is 0 Å². The predicted octanol–water partition coefficient (Wildman–Crippen LogP) is 5.17. The number of hydrogen-bond donors (Lipinski definition) is 1. The molecule has 4 rings (SSSR count). The van der Waals surface area contributed by atoms with Gasteiger partial charge in [-0.05, 0) is 31.5 Å². The minimum atomic E-state index is -0.236. The van der Waals surface area contributed by atoms with Gasteiger partial charge in [-0.15, -0.1) is 22.7 Å². The average Bonchev–Trinajstić information content (AvgIpc) is 3.27. The molecule has 0 spiro atoms. The molecule has 0 unspecified atom stereocenters. The van der Waals surface area contributed by atoms with Crippen LogP contribution in [0.4, 0.5) is 5.13 Å². The first kappa shape index (κ1) is 19.6. The summed E-state index contributed by atoms with van der Waals surface area (Å²) in [6.07, 6.45) is 3.98. The Morgan fingerprint density at radius 3 is 2.55 bits per heavy atom. The zero-order valence-electron chi connectivity index (χ0n) is 15.6. The van der Waals surface area contributed by atoms with Crippen LogP contribution in [0, 0.1) is 13.8 Å². The molecule has 29 heavy (non-hydrogen) atoms. The number of halogens is 1. The number of carbonyl (C=O) groups is 1. The van der Waals surface area contributed by atoms with Crippen LogP contribution in [-0.2, 0) is 6.42 Å². The van der Waals surface area contributed by atoms with Crippen LogP contribution in [0.25, 0.3) is 10.8 Å². The van der Waals surface area contributed by atoms with Crippen LogP contribution in [0.2, 0.25) is 5.02 Å². The van der Waals surface area contributed by atoms with Gasteiger partial charge in [0.25, 0.3) is 5.91 Å². The highest BCUT2D eigenvalue weighted by molar-refractivity contribution is 7.17. The topological polar surface area (TPSA) is 80.7 Å². The third kappa shape index (κ3) is 4.34. The molecule has 3 heterocycles. The van der Waals surface area contributed by atoms with E-state index in [9.17, 15) is 4.79 Å². The Balaban J connectivity index is 1.52. The molecule has 3 aromatic heterocycles. The molecule has 0 aliphatic carbocycles. The van der Waals surface area contributed by atoms with E-state index in [4.69, 9.17) is 11.6 Å². The van der Waals surface area contributed by atoms with Crippen LogP contribution in [-0.4, -0.2) is 25.8 Å². The number of aryl methyl sites for hydroxylation is 2. The van der Waals surface area contributed by atoms with E-state index in [0.29, 0.717) is 33.0 Å². The van der Waals surface area contributed by atoms with Crippen LogP contribution in [0.5, 0.6) is 0 Å². The zero-order valence-corrected chi connectivity index (χ0v) is 18.0. The number of hydrogen-bond acceptors (Lipinski definition) is 7. The van der Waals surface area contributed by atoms with Crippen molar-refractivity contribution in [2.75, 3.05) is 5.32 Å². The highest BCUT2D eigenvalue weighted by Gasteiger charge is 2.19. The van der Waals surface area contributed by atoms with Crippen molar-refractivity contribution in [2.45, 2.75) is 20.3 Å². The number of thiazole rings is 2. The van der Waals surface area contributed by atoms with Gasteiger partial charge in [-0.3, -0.25) is 10.1 Å². The summed E-state index contributed by atoms with van der Waals surface area (Å²) in [7, 11) is 0. The van der Waals surface area contributed by atoms with E-state index in [1.165, 1.54) is 22.7 Å². The quantitative estimate of drug-likeness (QED) is 0.462. The van der Waals surface area contributed by atoms with E-state index in [1.807, 2.05) is 31.2 Å². The van der Waals surface area contributed by atoms with Gasteiger partial charge < -0.3 is 0 Å². The first-order chi connectivity index (χ1) is 14.0. The summed E-state index contributed by atoms with van der Waals surface area (Å²) in [6, 6.07) is 9.47. The maximum atomic E-state index is 12.8. The standard InChI is InChI=1S/C20H16ClN5OS2/c1-11-15(10-13-6-3-4-7-14(13)21)28-20(25-11)26-18(27)16-12(2)24-19(29-16)17-22-8-5-9-23-17/h3-9H,10H2,1-2H3,(H,25,26,27). The molecule has 6 nitrogen and oxygen atoms in total. The number of aromatic nitrogens is 4. The van der Waals surface area contributed by atoms with Crippen molar-refractivity contribution >= 4 is 45.3 Å². The van der Waals surface area contributed by atoms with Crippen molar-refractivity contribution in [3.05, 3.63) is 74.5 Å². The van der Waals surface area contributed by atoms with Crippen LogP contribution < -0.4 is 5.32 Å². The molecule has 0 radical (unpaired) electrons. The molecular weight excluding hydrogens is 426 g/mol. The normalized spacial score (nSPS) is 10.9. The van der Waals surface area contributed by atoms with Crippen molar-refractivity contribution in [3.63, 3.8) is 0 Å². The number of amides is 1. The molecule has 1 aromatic carbocycles. The molecule has 9 heteroatoms. The lowest BCUT2D eigenvalue weighted by Gasteiger charge is -2.02. The third-order valence-electron chi connectivity index (χ3n) is 4.18. The first-order valence-electron chi connectivity index (χ1n) is 8.77. The van der Waals surface area contributed by atoms with Crippen molar-refractivity contribution in [1.82, 2.24) is 19.9 Å². The van der Waals surface area contributed by atoms with Gasteiger partial charge in [-0.1, -0.05) is 29.8 Å². The van der Waals surface area contributed by atoms with Crippen molar-refractivity contribution in [2.24, 2.45) is 0 Å². The van der Waals surface area contributed by atoms with Gasteiger partial charge in [-0.2, -0.15) is 0 Å². The smallest absolute Gasteiger partial charge is 0.269 e. The lowest BCUT2D eigenvalue weighted by atomic mass is 10.1. The molecule has 0 saturated heterocycles. The van der Waals surface area contributed by atoms with Crippen LogP contribution in [0.15, 0.2) is 42.7 Å². The summed E-state index contributed by atoms with van der Waals surface area (Å²) in [4.78, 5) is 31.7. The number of anilines is 1. The Kier molecular flexibility index (Phi) is 5.66. The van der Waals surface area contributed by atoms with Gasteiger partial charge in [0.05, 0.1) is 11.4 Å². The number of benzene rings is 1. The van der Waals surface area contributed by atoms with E-state index in [-0.39, 0.29) is 5.91 Å². The third-order valence-corrected chi connectivity index (χ3v) is 6.78. The van der Waals surface area contributed by atoms with Crippen LogP contribution in [0.3, 0.4) is 0 Å². The van der Waals surface area contributed by atoms with Crippen LogP contribution in [0.1, 0.15) is 31.5 Å². The fourth-order valence-electron chi connectivity index (χ4n) is 2.73. The molecule has 0 fully saturated rings. The number of nitrogens with one attached hydrogen (secondary N) is 1. The number of rotatable bonds is 5. The van der Waals surface area contributed by atoms with Gasteiger partial charge in [0.2, 0.25) is 0 Å². The first-order valence-corrected chi connectivity index (χ1v) is 10.8. The Bertz CT molecular complexity index is 1170. The number of nitrogens with zero attached hydrogens (tertiary/aromatic N) is 4. The lowest BCUT2D eigenvalue weighted by Crippen LogP contribution is -2.11. The maximum Gasteiger partial charge on any atom is 0.269 e. The molecule has 0 saturated carbocycles. The van der Waals surface area contributed by atoms with E-state index >= 15 is 0 Å². The molecule has 1 amide bonds. The molecule has 146 valence electrons. The van der Waals surface area contributed by atoms with Gasteiger partial charge in [0.1, 0.15) is 4.88 Å². The van der Waals surface area contributed by atoms with E-state index in [1.54, 1.807) is 25.4 Å². The zero-order chi connectivity index (χ0) is 20.4. The minimum absolute atomic E-state index is 0.236. The summed E-state index contributed by atoms with van der Waals surface area (Å²) in [5.41, 5.74) is 2.55. The Morgan fingerprint density at radius 1 is 1.03 bits per heavy atom. The molecule has 0 atom stereocenters. The van der Waals surface area contributed by atoms with Gasteiger partial charge in [-0.25, -0.2) is 19.9 Å². The summed E-state index contributed by atoms with van der Waals surface area (Å²) in [6.45, 7) is 3.73. The predicted molar refractivity (Wildman–Crippen MR) is 117 cm³/mol. The van der Waals surface area contributed by atoms with Gasteiger partial charge in [0, 0.05) is 28.7 Å². The van der Waals surface area contributed by atoms with Crippen LogP contribution >= 0.6 is 34.3 Å². The Hall–Kier alpha value is -2.68. The van der Waals surface area contributed by atoms with Gasteiger partial charge in [0.15, 0.2) is 16.0 Å². The second-order valence-electron chi connectivity index (χ2n) is 6.26. The fraction of sp³-hybridized carbons (Fsp3) is 0.150. The van der Waals surface area contributed by atoms with Crippen molar-refractivity contribution in [1.29, 1.82) is 0 Å². The highest BCUT2D eigenvalue weighted by Crippen LogP contribution is 2.30. The van der Waals surface area contributed by atoms with Crippen molar-refractivity contribution < 1.29 is 4.79 Å². The molecule has 0 aliphatic heterocycles. The largest absolute Gasteiger partial charge is 0.297 e. The molecular formula is C20H16ClN5OS2. The summed E-state index contributed by atoms with van der Waals surface area (Å²) in [5, 5.41) is 4.78. The average molecular weight is 442 g/mol.